The van der Waals surface area contributed by atoms with E-state index >= 15 is 0 Å². The van der Waals surface area contributed by atoms with Crippen LogP contribution in [0.4, 0.5) is 5.69 Å². The number of nitrogens with zero attached hydrogens (tertiary/aromatic N) is 2. The molecule has 0 bridgehead atoms. The minimum atomic E-state index is -0.156. The molecular formula is C16H24N4O. The van der Waals surface area contributed by atoms with E-state index in [2.05, 4.69) is 31.1 Å². The molecule has 0 fully saturated rings. The number of imidazole rings is 1. The lowest BCUT2D eigenvalue weighted by Crippen LogP contribution is -2.30. The van der Waals surface area contributed by atoms with Crippen LogP contribution in [-0.4, -0.2) is 22.0 Å². The average molecular weight is 288 g/mol. The number of anilines is 1. The summed E-state index contributed by atoms with van der Waals surface area (Å²) in [7, 11) is 0. The van der Waals surface area contributed by atoms with Gasteiger partial charge in [-0.25, -0.2) is 4.98 Å². The molecule has 0 radical (unpaired) electrons. The van der Waals surface area contributed by atoms with Crippen LogP contribution in [0.5, 0.6) is 0 Å². The van der Waals surface area contributed by atoms with Crippen LogP contribution in [0.2, 0.25) is 0 Å². The highest BCUT2D eigenvalue weighted by Gasteiger charge is 2.24. The summed E-state index contributed by atoms with van der Waals surface area (Å²) in [4.78, 5) is 16.8. The molecule has 5 nitrogen and oxygen atoms in total. The van der Waals surface area contributed by atoms with Crippen molar-refractivity contribution in [1.29, 1.82) is 0 Å². The standard InChI is InChI=1S/C16H24N4O/c1-5-9-18-13(21)10-20-12-8-6-7-11(17)14(12)19-15(20)16(2,3)4/h6-8H,5,9-10,17H2,1-4H3,(H,18,21). The van der Waals surface area contributed by atoms with Crippen LogP contribution in [0.15, 0.2) is 18.2 Å². The van der Waals surface area contributed by atoms with Crippen molar-refractivity contribution in [2.75, 3.05) is 12.3 Å². The van der Waals surface area contributed by atoms with Crippen molar-refractivity contribution in [2.24, 2.45) is 0 Å². The van der Waals surface area contributed by atoms with E-state index in [1.54, 1.807) is 0 Å². The molecule has 1 amide bonds. The maximum Gasteiger partial charge on any atom is 0.240 e. The van der Waals surface area contributed by atoms with Crippen LogP contribution < -0.4 is 11.1 Å². The van der Waals surface area contributed by atoms with E-state index in [9.17, 15) is 4.79 Å². The van der Waals surface area contributed by atoms with Crippen molar-refractivity contribution in [2.45, 2.75) is 46.1 Å². The van der Waals surface area contributed by atoms with Crippen molar-refractivity contribution in [3.63, 3.8) is 0 Å². The van der Waals surface area contributed by atoms with Gasteiger partial charge in [-0.15, -0.1) is 0 Å². The van der Waals surface area contributed by atoms with Crippen molar-refractivity contribution < 1.29 is 4.79 Å². The smallest absolute Gasteiger partial charge is 0.240 e. The minimum absolute atomic E-state index is 0.00377. The minimum Gasteiger partial charge on any atom is -0.397 e. The van der Waals surface area contributed by atoms with Gasteiger partial charge in [0.1, 0.15) is 17.9 Å². The molecule has 0 saturated carbocycles. The maximum absolute atomic E-state index is 12.1. The molecule has 5 heteroatoms. The quantitative estimate of drug-likeness (QED) is 0.849. The Morgan fingerprint density at radius 3 is 2.71 bits per heavy atom. The van der Waals surface area contributed by atoms with E-state index < -0.39 is 0 Å². The molecule has 3 N–H and O–H groups in total. The number of fused-ring (bicyclic) bond motifs is 1. The second kappa shape index (κ2) is 5.76. The zero-order chi connectivity index (χ0) is 15.6. The first-order valence-corrected chi connectivity index (χ1v) is 7.36. The third-order valence-corrected chi connectivity index (χ3v) is 3.35. The molecule has 1 aromatic carbocycles. The molecule has 0 unspecified atom stereocenters. The number of amides is 1. The number of hydrogen-bond acceptors (Lipinski definition) is 3. The number of carbonyl (C=O) groups excluding carboxylic acids is 1. The van der Waals surface area contributed by atoms with Crippen molar-refractivity contribution >= 4 is 22.6 Å². The molecule has 0 atom stereocenters. The summed E-state index contributed by atoms with van der Waals surface area (Å²) in [5, 5.41) is 2.91. The third kappa shape index (κ3) is 3.17. The zero-order valence-electron chi connectivity index (χ0n) is 13.2. The van der Waals surface area contributed by atoms with Crippen LogP contribution in [0.1, 0.15) is 39.9 Å². The molecule has 0 aliphatic rings. The number of nitrogens with two attached hydrogens (primary N) is 1. The Labute approximate surface area is 125 Å². The number of aromatic nitrogens is 2. The van der Waals surface area contributed by atoms with E-state index in [0.717, 1.165) is 23.3 Å². The van der Waals surface area contributed by atoms with Gasteiger partial charge in [0.25, 0.3) is 0 Å². The largest absolute Gasteiger partial charge is 0.397 e. The van der Waals surface area contributed by atoms with Crippen LogP contribution >= 0.6 is 0 Å². The summed E-state index contributed by atoms with van der Waals surface area (Å²) < 4.78 is 1.97. The Morgan fingerprint density at radius 2 is 2.10 bits per heavy atom. The summed E-state index contributed by atoms with van der Waals surface area (Å²) >= 11 is 0. The first-order chi connectivity index (χ1) is 9.84. The second-order valence-electron chi connectivity index (χ2n) is 6.34. The number of rotatable bonds is 4. The van der Waals surface area contributed by atoms with Crippen LogP contribution in [0.3, 0.4) is 0 Å². The van der Waals surface area contributed by atoms with Gasteiger partial charge in [-0.3, -0.25) is 4.79 Å². The molecule has 0 aliphatic heterocycles. The predicted molar refractivity (Wildman–Crippen MR) is 86.1 cm³/mol. The van der Waals surface area contributed by atoms with E-state index in [1.165, 1.54) is 0 Å². The van der Waals surface area contributed by atoms with Crippen LogP contribution in [-0.2, 0) is 16.8 Å². The van der Waals surface area contributed by atoms with E-state index in [1.807, 2.05) is 29.7 Å². The first-order valence-electron chi connectivity index (χ1n) is 7.36. The lowest BCUT2D eigenvalue weighted by atomic mass is 9.95. The Morgan fingerprint density at radius 1 is 1.38 bits per heavy atom. The monoisotopic (exact) mass is 288 g/mol. The van der Waals surface area contributed by atoms with Gasteiger partial charge in [0, 0.05) is 12.0 Å². The molecule has 0 spiro atoms. The molecule has 21 heavy (non-hydrogen) atoms. The molecular weight excluding hydrogens is 264 g/mol. The number of para-hydroxylation sites is 1. The van der Waals surface area contributed by atoms with Gasteiger partial charge in [0.05, 0.1) is 11.2 Å². The highest BCUT2D eigenvalue weighted by molar-refractivity contribution is 5.89. The average Bonchev–Trinajstić information content (AvgIpc) is 2.77. The molecule has 0 aliphatic carbocycles. The number of benzene rings is 1. The van der Waals surface area contributed by atoms with Crippen LogP contribution in [0.25, 0.3) is 11.0 Å². The number of nitrogens with one attached hydrogen (secondary N) is 1. The summed E-state index contributed by atoms with van der Waals surface area (Å²) in [6.45, 7) is 9.26. The lowest BCUT2D eigenvalue weighted by Gasteiger charge is -2.20. The number of carbonyl (C=O) groups is 1. The van der Waals surface area contributed by atoms with Gasteiger partial charge in [0.2, 0.25) is 5.91 Å². The summed E-state index contributed by atoms with van der Waals surface area (Å²) in [6, 6.07) is 5.69. The Balaban J connectivity index is 2.49. The highest BCUT2D eigenvalue weighted by Crippen LogP contribution is 2.28. The van der Waals surface area contributed by atoms with Gasteiger partial charge in [-0.2, -0.15) is 0 Å². The van der Waals surface area contributed by atoms with E-state index in [4.69, 9.17) is 5.73 Å². The number of hydrogen-bond donors (Lipinski definition) is 2. The van der Waals surface area contributed by atoms with Crippen LogP contribution in [0, 0.1) is 0 Å². The predicted octanol–water partition coefficient (Wildman–Crippen LogP) is 2.44. The maximum atomic E-state index is 12.1. The SMILES string of the molecule is CCCNC(=O)Cn1c(C(C)(C)C)nc2c(N)cccc21. The summed E-state index contributed by atoms with van der Waals surface area (Å²) in [6.07, 6.45) is 0.926. The van der Waals surface area contributed by atoms with Gasteiger partial charge in [0.15, 0.2) is 0 Å². The second-order valence-corrected chi connectivity index (χ2v) is 6.34. The normalized spacial score (nSPS) is 11.8. The first kappa shape index (κ1) is 15.4. The summed E-state index contributed by atoms with van der Waals surface area (Å²) in [5.74, 6) is 0.881. The van der Waals surface area contributed by atoms with E-state index in [-0.39, 0.29) is 17.9 Å². The highest BCUT2D eigenvalue weighted by atomic mass is 16.1. The molecule has 114 valence electrons. The molecule has 2 aromatic rings. The fraction of sp³-hybridized carbons (Fsp3) is 0.500. The Bertz CT molecular complexity index is 652. The van der Waals surface area contributed by atoms with E-state index in [0.29, 0.717) is 12.2 Å². The van der Waals surface area contributed by atoms with Crippen molar-refractivity contribution in [3.05, 3.63) is 24.0 Å². The van der Waals surface area contributed by atoms with Gasteiger partial charge < -0.3 is 15.6 Å². The Hall–Kier alpha value is -2.04. The number of nitrogen functional groups attached to an aromatic ring is 1. The van der Waals surface area contributed by atoms with Gasteiger partial charge in [-0.05, 0) is 18.6 Å². The fourth-order valence-electron chi connectivity index (χ4n) is 2.37. The van der Waals surface area contributed by atoms with Crippen molar-refractivity contribution in [1.82, 2.24) is 14.9 Å². The molecule has 1 aromatic heterocycles. The van der Waals surface area contributed by atoms with Crippen molar-refractivity contribution in [3.8, 4) is 0 Å². The molecule has 1 heterocycles. The zero-order valence-corrected chi connectivity index (χ0v) is 13.2. The topological polar surface area (TPSA) is 72.9 Å². The molecule has 2 rings (SSSR count). The Kier molecular flexibility index (Phi) is 4.21. The third-order valence-electron chi connectivity index (χ3n) is 3.35. The molecule has 0 saturated heterocycles. The van der Waals surface area contributed by atoms with Gasteiger partial charge in [-0.1, -0.05) is 33.8 Å². The summed E-state index contributed by atoms with van der Waals surface area (Å²) in [5.41, 5.74) is 8.18. The van der Waals surface area contributed by atoms with Gasteiger partial charge >= 0.3 is 0 Å². The lowest BCUT2D eigenvalue weighted by molar-refractivity contribution is -0.121. The fourth-order valence-corrected chi connectivity index (χ4v) is 2.37.